The third kappa shape index (κ3) is 3.20. The number of nitrogens with two attached hydrogens (primary N) is 1. The maximum absolute atomic E-state index is 10.9. The fraction of sp³-hybridized carbons (Fsp3) is 0.462. The van der Waals surface area contributed by atoms with Gasteiger partial charge in [0.15, 0.2) is 0 Å². The van der Waals surface area contributed by atoms with Crippen LogP contribution in [0.1, 0.15) is 30.1 Å². The van der Waals surface area contributed by atoms with Crippen LogP contribution in [0.15, 0.2) is 24.3 Å². The van der Waals surface area contributed by atoms with E-state index >= 15 is 0 Å². The quantitative estimate of drug-likeness (QED) is 0.828. The lowest BCUT2D eigenvalue weighted by Crippen LogP contribution is -2.40. The number of piperidine rings is 1. The summed E-state index contributed by atoms with van der Waals surface area (Å²) in [5.74, 6) is 0.390. The Labute approximate surface area is 101 Å². The zero-order valence-corrected chi connectivity index (χ0v) is 9.98. The van der Waals surface area contributed by atoms with E-state index in [1.54, 1.807) is 24.3 Å². The monoisotopic (exact) mass is 234 g/mol. The van der Waals surface area contributed by atoms with Crippen LogP contribution < -0.4 is 15.8 Å². The summed E-state index contributed by atoms with van der Waals surface area (Å²) in [6.07, 6.45) is 2.28. The molecule has 0 saturated carbocycles. The fourth-order valence-electron chi connectivity index (χ4n) is 2.08. The van der Waals surface area contributed by atoms with Crippen molar-refractivity contribution < 1.29 is 9.53 Å². The van der Waals surface area contributed by atoms with Crippen molar-refractivity contribution in [1.82, 2.24) is 5.32 Å². The highest BCUT2D eigenvalue weighted by atomic mass is 16.5. The molecule has 1 aromatic rings. The molecule has 0 aliphatic carbocycles. The summed E-state index contributed by atoms with van der Waals surface area (Å²) in [4.78, 5) is 10.9. The minimum Gasteiger partial charge on any atom is -0.490 e. The first-order chi connectivity index (χ1) is 8.15. The number of hydrogen-bond donors (Lipinski definition) is 2. The van der Waals surface area contributed by atoms with Crippen molar-refractivity contribution >= 4 is 5.91 Å². The van der Waals surface area contributed by atoms with E-state index in [1.165, 1.54) is 0 Å². The van der Waals surface area contributed by atoms with Crippen molar-refractivity contribution in [2.75, 3.05) is 6.54 Å². The summed E-state index contributed by atoms with van der Waals surface area (Å²) in [5.41, 5.74) is 5.69. The van der Waals surface area contributed by atoms with Crippen LogP contribution in [0.4, 0.5) is 0 Å². The van der Waals surface area contributed by atoms with Crippen molar-refractivity contribution in [3.05, 3.63) is 29.8 Å². The Morgan fingerprint density at radius 3 is 2.71 bits per heavy atom. The summed E-state index contributed by atoms with van der Waals surface area (Å²) in [6.45, 7) is 3.15. The van der Waals surface area contributed by atoms with Gasteiger partial charge in [-0.3, -0.25) is 4.79 Å². The van der Waals surface area contributed by atoms with Crippen LogP contribution in [0.5, 0.6) is 5.75 Å². The van der Waals surface area contributed by atoms with Gasteiger partial charge < -0.3 is 15.8 Å². The molecule has 0 aromatic heterocycles. The smallest absolute Gasteiger partial charge is 0.248 e. The van der Waals surface area contributed by atoms with E-state index in [4.69, 9.17) is 10.5 Å². The van der Waals surface area contributed by atoms with E-state index in [9.17, 15) is 4.79 Å². The molecular formula is C13H18N2O2. The Kier molecular flexibility index (Phi) is 3.64. The number of benzene rings is 1. The number of hydrogen-bond acceptors (Lipinski definition) is 3. The third-order valence-corrected chi connectivity index (χ3v) is 3.02. The lowest BCUT2D eigenvalue weighted by molar-refractivity contribution is 0.1000. The Balaban J connectivity index is 1.96. The van der Waals surface area contributed by atoms with E-state index in [-0.39, 0.29) is 6.10 Å². The third-order valence-electron chi connectivity index (χ3n) is 3.02. The second kappa shape index (κ2) is 5.19. The molecule has 1 fully saturated rings. The number of nitrogens with one attached hydrogen (secondary N) is 1. The van der Waals surface area contributed by atoms with E-state index in [0.29, 0.717) is 11.6 Å². The molecule has 2 rings (SSSR count). The average molecular weight is 234 g/mol. The molecule has 1 heterocycles. The maximum Gasteiger partial charge on any atom is 0.248 e. The van der Waals surface area contributed by atoms with E-state index in [1.807, 2.05) is 0 Å². The molecule has 1 saturated heterocycles. The van der Waals surface area contributed by atoms with Gasteiger partial charge in [0.2, 0.25) is 5.91 Å². The van der Waals surface area contributed by atoms with Crippen molar-refractivity contribution in [3.63, 3.8) is 0 Å². The number of rotatable bonds is 3. The van der Waals surface area contributed by atoms with Gasteiger partial charge in [-0.25, -0.2) is 0 Å². The predicted octanol–water partition coefficient (Wildman–Crippen LogP) is 1.30. The number of carbonyl (C=O) groups excluding carboxylic acids is 1. The number of carbonyl (C=O) groups is 1. The molecule has 17 heavy (non-hydrogen) atoms. The molecule has 4 nitrogen and oxygen atoms in total. The summed E-state index contributed by atoms with van der Waals surface area (Å²) >= 11 is 0. The number of amides is 1. The molecule has 0 bridgehead atoms. The van der Waals surface area contributed by atoms with Crippen LogP contribution in [0.25, 0.3) is 0 Å². The van der Waals surface area contributed by atoms with Gasteiger partial charge in [0.1, 0.15) is 11.9 Å². The van der Waals surface area contributed by atoms with Crippen LogP contribution in [0, 0.1) is 0 Å². The van der Waals surface area contributed by atoms with Gasteiger partial charge in [-0.2, -0.15) is 0 Å². The first kappa shape index (κ1) is 11.9. The van der Waals surface area contributed by atoms with Gasteiger partial charge in [-0.15, -0.1) is 0 Å². The maximum atomic E-state index is 10.9. The van der Waals surface area contributed by atoms with Gasteiger partial charge in [0, 0.05) is 11.6 Å². The van der Waals surface area contributed by atoms with Gasteiger partial charge in [0.05, 0.1) is 0 Å². The second-order valence-corrected chi connectivity index (χ2v) is 4.51. The second-order valence-electron chi connectivity index (χ2n) is 4.51. The van der Waals surface area contributed by atoms with Crippen molar-refractivity contribution in [2.45, 2.75) is 31.9 Å². The normalized spacial score (nSPS) is 24.3. The molecular weight excluding hydrogens is 216 g/mol. The Morgan fingerprint density at radius 1 is 1.41 bits per heavy atom. The lowest BCUT2D eigenvalue weighted by atomic mass is 10.0. The van der Waals surface area contributed by atoms with E-state index in [2.05, 4.69) is 12.2 Å². The van der Waals surface area contributed by atoms with Crippen molar-refractivity contribution in [1.29, 1.82) is 0 Å². The van der Waals surface area contributed by atoms with Gasteiger partial charge in [0.25, 0.3) is 0 Å². The van der Waals surface area contributed by atoms with Crippen LogP contribution in [-0.2, 0) is 0 Å². The van der Waals surface area contributed by atoms with Gasteiger partial charge in [-0.05, 0) is 50.6 Å². The highest BCUT2D eigenvalue weighted by molar-refractivity contribution is 5.92. The van der Waals surface area contributed by atoms with Gasteiger partial charge >= 0.3 is 0 Å². The molecule has 4 heteroatoms. The minimum absolute atomic E-state index is 0.255. The molecule has 92 valence electrons. The molecule has 2 unspecified atom stereocenters. The van der Waals surface area contributed by atoms with Crippen molar-refractivity contribution in [3.8, 4) is 5.75 Å². The Bertz CT molecular complexity index is 389. The summed E-state index contributed by atoms with van der Waals surface area (Å²) in [6, 6.07) is 7.49. The minimum atomic E-state index is -0.410. The Morgan fingerprint density at radius 2 is 2.12 bits per heavy atom. The van der Waals surface area contributed by atoms with Crippen LogP contribution >= 0.6 is 0 Å². The fourth-order valence-corrected chi connectivity index (χ4v) is 2.08. The highest BCUT2D eigenvalue weighted by Crippen LogP contribution is 2.18. The summed E-state index contributed by atoms with van der Waals surface area (Å²) < 4.78 is 5.87. The molecule has 1 amide bonds. The number of primary amides is 1. The summed E-state index contributed by atoms with van der Waals surface area (Å²) in [7, 11) is 0. The largest absolute Gasteiger partial charge is 0.490 e. The van der Waals surface area contributed by atoms with Crippen LogP contribution in [-0.4, -0.2) is 24.6 Å². The zero-order chi connectivity index (χ0) is 12.3. The zero-order valence-electron chi connectivity index (χ0n) is 9.98. The lowest BCUT2D eigenvalue weighted by Gasteiger charge is -2.28. The van der Waals surface area contributed by atoms with Crippen LogP contribution in [0.2, 0.25) is 0 Å². The topological polar surface area (TPSA) is 64.3 Å². The molecule has 3 N–H and O–H groups in total. The van der Waals surface area contributed by atoms with Crippen LogP contribution in [0.3, 0.4) is 0 Å². The number of ether oxygens (including phenoxy) is 1. The summed E-state index contributed by atoms with van der Waals surface area (Å²) in [5, 5.41) is 3.38. The predicted molar refractivity (Wildman–Crippen MR) is 66.1 cm³/mol. The first-order valence-electron chi connectivity index (χ1n) is 5.95. The molecule has 0 spiro atoms. The van der Waals surface area contributed by atoms with Gasteiger partial charge in [-0.1, -0.05) is 0 Å². The average Bonchev–Trinajstić information content (AvgIpc) is 2.29. The molecule has 2 atom stereocenters. The molecule has 1 aliphatic heterocycles. The molecule has 1 aromatic carbocycles. The van der Waals surface area contributed by atoms with E-state index in [0.717, 1.165) is 25.1 Å². The SMILES string of the molecule is CC1CC(Oc2ccc(C(N)=O)cc2)CCN1. The molecule has 0 radical (unpaired) electrons. The van der Waals surface area contributed by atoms with Crippen molar-refractivity contribution in [2.24, 2.45) is 5.73 Å². The molecule has 1 aliphatic rings. The first-order valence-corrected chi connectivity index (χ1v) is 5.95. The standard InChI is InChI=1S/C13H18N2O2/c1-9-8-12(6-7-15-9)17-11-4-2-10(3-5-11)13(14)16/h2-5,9,12,15H,6-8H2,1H3,(H2,14,16). The van der Waals surface area contributed by atoms with E-state index < -0.39 is 5.91 Å². The highest BCUT2D eigenvalue weighted by Gasteiger charge is 2.19. The Hall–Kier alpha value is -1.55.